The third-order valence-corrected chi connectivity index (χ3v) is 9.94. The lowest BCUT2D eigenvalue weighted by Crippen LogP contribution is -2.72. The maximum Gasteiger partial charge on any atom is 0.316 e. The van der Waals surface area contributed by atoms with Crippen LogP contribution in [0.5, 0.6) is 0 Å². The summed E-state index contributed by atoms with van der Waals surface area (Å²) in [5, 5.41) is 22.6. The normalized spacial score (nSPS) is 53.2. The van der Waals surface area contributed by atoms with Gasteiger partial charge in [0, 0.05) is 23.7 Å². The molecule has 4 aliphatic rings. The fourth-order valence-electron chi connectivity index (χ4n) is 7.88. The van der Waals surface area contributed by atoms with Crippen molar-refractivity contribution in [3.8, 4) is 0 Å². The lowest BCUT2D eigenvalue weighted by atomic mass is 9.32. The summed E-state index contributed by atoms with van der Waals surface area (Å²) in [5.41, 5.74) is -2.60. The Morgan fingerprint density at radius 2 is 1.82 bits per heavy atom. The second kappa shape index (κ2) is 5.69. The molecular weight excluding hydrogens is 356 g/mol. The summed E-state index contributed by atoms with van der Waals surface area (Å²) in [6.45, 7) is 10.7. The molecule has 0 unspecified atom stereocenters. The van der Waals surface area contributed by atoms with Crippen LogP contribution in [0, 0.1) is 27.6 Å². The molecule has 0 aromatic carbocycles. The number of hydrogen-bond donors (Lipinski definition) is 2. The van der Waals surface area contributed by atoms with E-state index in [2.05, 4.69) is 20.4 Å². The molecule has 0 amide bonds. The van der Waals surface area contributed by atoms with Crippen molar-refractivity contribution in [2.24, 2.45) is 27.6 Å². The molecule has 0 aromatic heterocycles. The van der Waals surface area contributed by atoms with Crippen LogP contribution >= 0.6 is 0 Å². The van der Waals surface area contributed by atoms with Crippen molar-refractivity contribution < 1.29 is 24.5 Å². The molecule has 0 aromatic rings. The standard InChI is InChI=1S/C23H34O5/c1-14-19(2)13-16-20(3)8-6-15(24)12-22(20,27)11-10-21(16,4)23(14,18(26)28-5)9-7-17(19)25/h16-17,25,27H,1,6-13H2,2-5H3/t16-,17-,19+,20-,21-,22+,23+/m0/s1. The Labute approximate surface area is 167 Å². The zero-order valence-corrected chi connectivity index (χ0v) is 17.6. The monoisotopic (exact) mass is 390 g/mol. The van der Waals surface area contributed by atoms with Gasteiger partial charge < -0.3 is 14.9 Å². The molecule has 0 aliphatic heterocycles. The number of methoxy groups -OCH3 is 1. The van der Waals surface area contributed by atoms with Crippen molar-refractivity contribution in [1.82, 2.24) is 0 Å². The van der Waals surface area contributed by atoms with Gasteiger partial charge in [0.05, 0.1) is 24.2 Å². The van der Waals surface area contributed by atoms with Crippen molar-refractivity contribution in [3.63, 3.8) is 0 Å². The lowest BCUT2D eigenvalue weighted by molar-refractivity contribution is -0.254. The molecule has 156 valence electrons. The number of esters is 1. The SMILES string of the molecule is C=C1[C@@]2(C(=O)OC)CC[C@H](O)[C@]1(C)C[C@H]1[C@]3(C)CCC(=O)C[C@]3(O)CC[C@@]12C. The summed E-state index contributed by atoms with van der Waals surface area (Å²) in [6.07, 6.45) is 3.63. The molecule has 4 fully saturated rings. The van der Waals surface area contributed by atoms with Crippen LogP contribution in [0.4, 0.5) is 0 Å². The average molecular weight is 391 g/mol. The fraction of sp³-hybridized carbons (Fsp3) is 0.826. The van der Waals surface area contributed by atoms with Gasteiger partial charge in [0.15, 0.2) is 0 Å². The van der Waals surface area contributed by atoms with Crippen LogP contribution in [-0.2, 0) is 14.3 Å². The highest BCUT2D eigenvalue weighted by Crippen LogP contribution is 2.76. The first kappa shape index (κ1) is 20.1. The van der Waals surface area contributed by atoms with Crippen LogP contribution < -0.4 is 0 Å². The Balaban J connectivity index is 1.93. The van der Waals surface area contributed by atoms with E-state index in [4.69, 9.17) is 4.74 Å². The van der Waals surface area contributed by atoms with Crippen molar-refractivity contribution in [2.75, 3.05) is 7.11 Å². The van der Waals surface area contributed by atoms with Gasteiger partial charge in [-0.3, -0.25) is 9.59 Å². The number of hydrogen-bond acceptors (Lipinski definition) is 5. The number of carbonyl (C=O) groups excluding carboxylic acids is 2. The minimum absolute atomic E-state index is 0.00333. The van der Waals surface area contributed by atoms with Gasteiger partial charge in [-0.05, 0) is 49.9 Å². The Hall–Kier alpha value is -1.20. The van der Waals surface area contributed by atoms with E-state index >= 15 is 0 Å². The predicted molar refractivity (Wildman–Crippen MR) is 104 cm³/mol. The highest BCUT2D eigenvalue weighted by atomic mass is 16.5. The van der Waals surface area contributed by atoms with E-state index in [1.165, 1.54) is 7.11 Å². The molecular formula is C23H34O5. The van der Waals surface area contributed by atoms with Crippen molar-refractivity contribution in [2.45, 2.75) is 83.8 Å². The second-order valence-electron chi connectivity index (χ2n) is 10.7. The number of ether oxygens (including phenoxy) is 1. The van der Waals surface area contributed by atoms with E-state index in [0.717, 1.165) is 5.57 Å². The largest absolute Gasteiger partial charge is 0.468 e. The number of carbonyl (C=O) groups is 2. The van der Waals surface area contributed by atoms with E-state index in [1.54, 1.807) is 0 Å². The van der Waals surface area contributed by atoms with E-state index < -0.39 is 33.4 Å². The van der Waals surface area contributed by atoms with Crippen LogP contribution in [-0.4, -0.2) is 40.8 Å². The Bertz CT molecular complexity index is 760. The minimum Gasteiger partial charge on any atom is -0.468 e. The molecule has 5 heteroatoms. The maximum absolute atomic E-state index is 13.3. The van der Waals surface area contributed by atoms with Crippen LogP contribution in [0.25, 0.3) is 0 Å². The second-order valence-corrected chi connectivity index (χ2v) is 10.7. The van der Waals surface area contributed by atoms with Crippen molar-refractivity contribution >= 4 is 11.8 Å². The maximum atomic E-state index is 13.3. The molecule has 4 saturated carbocycles. The first-order chi connectivity index (χ1) is 12.9. The highest BCUT2D eigenvalue weighted by molar-refractivity contribution is 5.84. The van der Waals surface area contributed by atoms with E-state index in [0.29, 0.717) is 44.9 Å². The van der Waals surface area contributed by atoms with Gasteiger partial charge in [0.2, 0.25) is 0 Å². The topological polar surface area (TPSA) is 83.8 Å². The van der Waals surface area contributed by atoms with Gasteiger partial charge in [-0.15, -0.1) is 0 Å². The van der Waals surface area contributed by atoms with Crippen LogP contribution in [0.1, 0.15) is 72.1 Å². The number of aliphatic hydroxyl groups excluding tert-OH is 1. The molecule has 4 aliphatic carbocycles. The lowest BCUT2D eigenvalue weighted by Gasteiger charge is -2.72. The summed E-state index contributed by atoms with van der Waals surface area (Å²) >= 11 is 0. The molecule has 0 radical (unpaired) electrons. The third-order valence-electron chi connectivity index (χ3n) is 9.94. The zero-order valence-electron chi connectivity index (χ0n) is 17.6. The summed E-state index contributed by atoms with van der Waals surface area (Å²) < 4.78 is 5.34. The number of rotatable bonds is 1. The molecule has 2 N–H and O–H groups in total. The van der Waals surface area contributed by atoms with Gasteiger partial charge in [-0.1, -0.05) is 32.9 Å². The van der Waals surface area contributed by atoms with Gasteiger partial charge in [-0.2, -0.15) is 0 Å². The fourth-order valence-corrected chi connectivity index (χ4v) is 7.88. The number of Topliss-reactive ketones (excluding diaryl/α,β-unsaturated/α-hetero) is 1. The number of fused-ring (bicyclic) bond motifs is 6. The van der Waals surface area contributed by atoms with Crippen molar-refractivity contribution in [3.05, 3.63) is 12.2 Å². The zero-order chi connectivity index (χ0) is 20.8. The van der Waals surface area contributed by atoms with Crippen LogP contribution in [0.2, 0.25) is 0 Å². The molecule has 2 bridgehead atoms. The van der Waals surface area contributed by atoms with Crippen LogP contribution in [0.3, 0.4) is 0 Å². The van der Waals surface area contributed by atoms with Gasteiger partial charge in [0.1, 0.15) is 5.78 Å². The highest BCUT2D eigenvalue weighted by Gasteiger charge is 2.75. The Morgan fingerprint density at radius 3 is 2.46 bits per heavy atom. The first-order valence-electron chi connectivity index (χ1n) is 10.6. The molecule has 0 saturated heterocycles. The smallest absolute Gasteiger partial charge is 0.316 e. The number of aliphatic hydroxyl groups is 2. The summed E-state index contributed by atoms with van der Waals surface area (Å²) in [6, 6.07) is 0. The van der Waals surface area contributed by atoms with Gasteiger partial charge in [0.25, 0.3) is 0 Å². The van der Waals surface area contributed by atoms with Crippen molar-refractivity contribution in [1.29, 1.82) is 0 Å². The molecule has 5 nitrogen and oxygen atoms in total. The Morgan fingerprint density at radius 1 is 1.14 bits per heavy atom. The van der Waals surface area contributed by atoms with E-state index in [1.807, 2.05) is 6.92 Å². The summed E-state index contributed by atoms with van der Waals surface area (Å²) in [4.78, 5) is 25.5. The molecule has 7 atom stereocenters. The molecule has 28 heavy (non-hydrogen) atoms. The van der Waals surface area contributed by atoms with E-state index in [9.17, 15) is 19.8 Å². The minimum atomic E-state index is -1.04. The molecule has 0 heterocycles. The molecule has 0 spiro atoms. The summed E-state index contributed by atoms with van der Waals surface area (Å²) in [5.74, 6) is -0.141. The van der Waals surface area contributed by atoms with Gasteiger partial charge >= 0.3 is 5.97 Å². The number of ketones is 1. The third kappa shape index (κ3) is 2.00. The molecule has 4 rings (SSSR count). The predicted octanol–water partition coefficient (Wildman–Crippen LogP) is 3.17. The van der Waals surface area contributed by atoms with Gasteiger partial charge in [-0.25, -0.2) is 0 Å². The quantitative estimate of drug-likeness (QED) is 0.531. The Kier molecular flexibility index (Phi) is 4.08. The first-order valence-corrected chi connectivity index (χ1v) is 10.6. The van der Waals surface area contributed by atoms with Crippen LogP contribution in [0.15, 0.2) is 12.2 Å². The summed E-state index contributed by atoms with van der Waals surface area (Å²) in [7, 11) is 1.43. The average Bonchev–Trinajstić information content (AvgIpc) is 2.64. The van der Waals surface area contributed by atoms with E-state index in [-0.39, 0.29) is 24.1 Å².